The van der Waals surface area contributed by atoms with Crippen LogP contribution in [0.3, 0.4) is 0 Å². The van der Waals surface area contributed by atoms with E-state index in [0.29, 0.717) is 24.5 Å². The van der Waals surface area contributed by atoms with Crippen LogP contribution in [0.4, 0.5) is 23.2 Å². The molecule has 2 aromatic carbocycles. The fourth-order valence-electron chi connectivity index (χ4n) is 4.69. The number of carboxylic acid groups (broad SMARTS) is 1. The number of aryl methyl sites for hydroxylation is 1. The van der Waals surface area contributed by atoms with Crippen LogP contribution in [-0.2, 0) is 17.8 Å². The molecule has 0 aliphatic rings. The molecule has 1 atom stereocenters. The van der Waals surface area contributed by atoms with Gasteiger partial charge in [0.25, 0.3) is 0 Å². The summed E-state index contributed by atoms with van der Waals surface area (Å²) in [5.74, 6) is -2.67. The molecule has 44 heavy (non-hydrogen) atoms. The minimum Gasteiger partial charge on any atom is -0.475 e. The van der Waals surface area contributed by atoms with E-state index in [1.165, 1.54) is 19.1 Å². The van der Waals surface area contributed by atoms with E-state index in [-0.39, 0.29) is 32.6 Å². The van der Waals surface area contributed by atoms with Crippen LogP contribution in [0, 0.1) is 12.7 Å². The van der Waals surface area contributed by atoms with Crippen LogP contribution >= 0.6 is 0 Å². The zero-order valence-corrected chi connectivity index (χ0v) is 25.3. The van der Waals surface area contributed by atoms with E-state index in [4.69, 9.17) is 9.26 Å². The van der Waals surface area contributed by atoms with Crippen molar-refractivity contribution >= 4 is 30.8 Å². The Bertz CT molecular complexity index is 1810. The number of hydrogen-bond acceptors (Lipinski definition) is 7. The monoisotopic (exact) mass is 630 g/mol. The summed E-state index contributed by atoms with van der Waals surface area (Å²) in [5, 5.41) is 20.0. The molecule has 0 spiro atoms. The first kappa shape index (κ1) is 30.9. The maximum Gasteiger partial charge on any atom is 0.504 e. The van der Waals surface area contributed by atoms with Gasteiger partial charge in [0.2, 0.25) is 5.76 Å². The average Bonchev–Trinajstić information content (AvgIpc) is 3.68. The fourth-order valence-corrected chi connectivity index (χ4v) is 5.45. The lowest BCUT2D eigenvalue weighted by molar-refractivity contribution is -0.212. The van der Waals surface area contributed by atoms with Gasteiger partial charge in [-0.15, -0.1) is 13.2 Å². The van der Waals surface area contributed by atoms with E-state index in [9.17, 15) is 23.1 Å². The van der Waals surface area contributed by atoms with E-state index in [0.717, 1.165) is 30.0 Å². The van der Waals surface area contributed by atoms with E-state index < -0.39 is 38.0 Å². The van der Waals surface area contributed by atoms with Gasteiger partial charge >= 0.3 is 12.3 Å². The number of rotatable bonds is 11. The standard InChI is InChI=1S/C29H30F4N6O4Si/c1-17-25(27(28(40)41)43-37-17)26(21-7-5-18(11-22(21)30)19-13-35-39(14-19)29(31,32)33)36-20-6-8-24-23(12-20)34-15-38(24)16-42-9-10-44(2,3)4/h5-8,11-15,26,36H,9-10,16H2,1-4H3,(H,40,41). The summed E-state index contributed by atoms with van der Waals surface area (Å²) in [6.45, 7) is 9.34. The third-order valence-corrected chi connectivity index (χ3v) is 8.74. The average molecular weight is 631 g/mol. The number of anilines is 1. The molecule has 0 saturated carbocycles. The number of carboxylic acids is 1. The van der Waals surface area contributed by atoms with Crippen molar-refractivity contribution in [3.05, 3.63) is 83.5 Å². The Kier molecular flexibility index (Phi) is 8.35. The predicted octanol–water partition coefficient (Wildman–Crippen LogP) is 7.02. The molecule has 5 aromatic rings. The lowest BCUT2D eigenvalue weighted by Gasteiger charge is -2.21. The van der Waals surface area contributed by atoms with Gasteiger partial charge in [0.15, 0.2) is 0 Å². The van der Waals surface area contributed by atoms with Crippen molar-refractivity contribution in [2.75, 3.05) is 11.9 Å². The summed E-state index contributed by atoms with van der Waals surface area (Å²) in [7, 11) is -1.23. The van der Waals surface area contributed by atoms with Crippen LogP contribution < -0.4 is 5.32 Å². The lowest BCUT2D eigenvalue weighted by Crippen LogP contribution is -2.21. The van der Waals surface area contributed by atoms with Gasteiger partial charge in [-0.2, -0.15) is 9.78 Å². The second-order valence-electron chi connectivity index (χ2n) is 11.5. The quantitative estimate of drug-likeness (QED) is 0.0908. The summed E-state index contributed by atoms with van der Waals surface area (Å²) in [5.41, 5.74) is 2.47. The van der Waals surface area contributed by atoms with Gasteiger partial charge in [-0.3, -0.25) is 0 Å². The first-order chi connectivity index (χ1) is 20.7. The van der Waals surface area contributed by atoms with E-state index in [1.807, 2.05) is 10.6 Å². The Hall–Kier alpha value is -4.50. The maximum atomic E-state index is 15.7. The third kappa shape index (κ3) is 6.68. The van der Waals surface area contributed by atoms with E-state index in [1.54, 1.807) is 18.5 Å². The molecule has 0 bridgehead atoms. The maximum absolute atomic E-state index is 15.7. The SMILES string of the molecule is Cc1noc(C(=O)O)c1C(Nc1ccc2c(c1)ncn2COCC[Si](C)(C)C)c1ccc(-c2cnn(C(F)(F)F)c2)cc1F. The molecule has 0 radical (unpaired) electrons. The highest BCUT2D eigenvalue weighted by Crippen LogP contribution is 2.36. The van der Waals surface area contributed by atoms with Crippen molar-refractivity contribution in [1.29, 1.82) is 0 Å². The Labute approximate surface area is 250 Å². The number of alkyl halides is 3. The summed E-state index contributed by atoms with van der Waals surface area (Å²) in [6.07, 6.45) is -1.33. The molecule has 232 valence electrons. The molecule has 1 unspecified atom stereocenters. The normalized spacial score (nSPS) is 13.0. The third-order valence-electron chi connectivity index (χ3n) is 7.04. The van der Waals surface area contributed by atoms with Crippen molar-refractivity contribution in [2.45, 2.75) is 51.7 Å². The van der Waals surface area contributed by atoms with Crippen molar-refractivity contribution < 1.29 is 36.7 Å². The molecule has 5 rings (SSSR count). The smallest absolute Gasteiger partial charge is 0.475 e. The number of halogens is 4. The predicted molar refractivity (Wildman–Crippen MR) is 156 cm³/mol. The molecular formula is C29H30F4N6O4Si. The Morgan fingerprint density at radius 3 is 2.59 bits per heavy atom. The minimum absolute atomic E-state index is 0.0205. The molecule has 0 fully saturated rings. The number of imidazole rings is 1. The van der Waals surface area contributed by atoms with Gasteiger partial charge in [-0.1, -0.05) is 36.9 Å². The van der Waals surface area contributed by atoms with Crippen LogP contribution in [0.25, 0.3) is 22.2 Å². The zero-order valence-electron chi connectivity index (χ0n) is 24.3. The number of carbonyl (C=O) groups is 1. The van der Waals surface area contributed by atoms with Crippen molar-refractivity contribution in [2.24, 2.45) is 0 Å². The van der Waals surface area contributed by atoms with Gasteiger partial charge < -0.3 is 24.3 Å². The van der Waals surface area contributed by atoms with E-state index >= 15 is 4.39 Å². The topological polar surface area (TPSA) is 120 Å². The first-order valence-corrected chi connectivity index (χ1v) is 17.3. The van der Waals surface area contributed by atoms with Crippen molar-refractivity contribution in [1.82, 2.24) is 24.5 Å². The summed E-state index contributed by atoms with van der Waals surface area (Å²) in [4.78, 5) is 16.5. The molecule has 0 amide bonds. The van der Waals surface area contributed by atoms with E-state index in [2.05, 4.69) is 40.2 Å². The summed E-state index contributed by atoms with van der Waals surface area (Å²) in [6, 6.07) is 9.11. The highest BCUT2D eigenvalue weighted by Gasteiger charge is 2.33. The van der Waals surface area contributed by atoms with Gasteiger partial charge in [0, 0.05) is 37.7 Å². The van der Waals surface area contributed by atoms with Crippen LogP contribution in [0.1, 0.15) is 33.4 Å². The Morgan fingerprint density at radius 1 is 1.16 bits per heavy atom. The van der Waals surface area contributed by atoms with Crippen LogP contribution in [-0.4, -0.2) is 50.2 Å². The highest BCUT2D eigenvalue weighted by molar-refractivity contribution is 6.76. The highest BCUT2D eigenvalue weighted by atomic mass is 28.3. The molecule has 2 N–H and O–H groups in total. The van der Waals surface area contributed by atoms with Crippen molar-refractivity contribution in [3.63, 3.8) is 0 Å². The Balaban J connectivity index is 1.47. The number of hydrogen-bond donors (Lipinski definition) is 2. The lowest BCUT2D eigenvalue weighted by atomic mass is 9.94. The molecule has 0 saturated heterocycles. The van der Waals surface area contributed by atoms with Crippen molar-refractivity contribution in [3.8, 4) is 11.1 Å². The van der Waals surface area contributed by atoms with Gasteiger partial charge in [0.1, 0.15) is 12.5 Å². The largest absolute Gasteiger partial charge is 0.504 e. The van der Waals surface area contributed by atoms with Gasteiger partial charge in [-0.05, 0) is 42.8 Å². The molecule has 0 aliphatic heterocycles. The number of aromatic carboxylic acids is 1. The number of nitrogens with zero attached hydrogens (tertiary/aromatic N) is 5. The molecule has 3 heterocycles. The molecule has 10 nitrogen and oxygen atoms in total. The number of ether oxygens (including phenoxy) is 1. The first-order valence-electron chi connectivity index (χ1n) is 13.6. The fraction of sp³-hybridized carbons (Fsp3) is 0.310. The molecule has 15 heteroatoms. The molecular weight excluding hydrogens is 600 g/mol. The molecule has 3 aromatic heterocycles. The molecule has 0 aliphatic carbocycles. The van der Waals surface area contributed by atoms with Crippen LogP contribution in [0.15, 0.2) is 59.6 Å². The number of fused-ring (bicyclic) bond motifs is 1. The van der Waals surface area contributed by atoms with Crippen LogP contribution in [0.2, 0.25) is 25.7 Å². The second kappa shape index (κ2) is 11.9. The summed E-state index contributed by atoms with van der Waals surface area (Å²) >= 11 is 0. The van der Waals surface area contributed by atoms with Crippen LogP contribution in [0.5, 0.6) is 0 Å². The minimum atomic E-state index is -4.72. The number of nitrogens with one attached hydrogen (secondary N) is 1. The zero-order chi connectivity index (χ0) is 31.8. The van der Waals surface area contributed by atoms with Gasteiger partial charge in [0.05, 0.1) is 40.9 Å². The number of aromatic nitrogens is 5. The number of benzene rings is 2. The Morgan fingerprint density at radius 2 is 1.93 bits per heavy atom. The van der Waals surface area contributed by atoms with Gasteiger partial charge in [-0.25, -0.2) is 14.2 Å². The second-order valence-corrected chi connectivity index (χ2v) is 17.2. The summed E-state index contributed by atoms with van der Waals surface area (Å²) < 4.78 is 67.4.